The van der Waals surface area contributed by atoms with Crippen LogP contribution in [0, 0.1) is 0 Å². The molecule has 1 unspecified atom stereocenters. The first-order valence-electron chi connectivity index (χ1n) is 7.42. The molecule has 0 amide bonds. The second-order valence-corrected chi connectivity index (χ2v) is 5.72. The van der Waals surface area contributed by atoms with Gasteiger partial charge in [-0.05, 0) is 31.5 Å². The lowest BCUT2D eigenvalue weighted by atomic mass is 9.90. The van der Waals surface area contributed by atoms with Gasteiger partial charge in [-0.3, -0.25) is 0 Å². The third-order valence-electron chi connectivity index (χ3n) is 4.09. The van der Waals surface area contributed by atoms with E-state index in [4.69, 9.17) is 5.73 Å². The lowest BCUT2D eigenvalue weighted by Gasteiger charge is -2.35. The Bertz CT molecular complexity index is 360. The van der Waals surface area contributed by atoms with Crippen LogP contribution in [0.2, 0.25) is 0 Å². The maximum atomic E-state index is 9.74. The van der Waals surface area contributed by atoms with Crippen molar-refractivity contribution in [3.8, 4) is 0 Å². The summed E-state index contributed by atoms with van der Waals surface area (Å²) in [6.07, 6.45) is 6.49. The molecule has 106 valence electrons. The minimum Gasteiger partial charge on any atom is -0.394 e. The van der Waals surface area contributed by atoms with E-state index >= 15 is 0 Å². The molecule has 1 aromatic carbocycles. The van der Waals surface area contributed by atoms with Crippen LogP contribution in [-0.2, 0) is 5.54 Å². The molecule has 1 aliphatic rings. The van der Waals surface area contributed by atoms with Gasteiger partial charge in [-0.25, -0.2) is 0 Å². The molecule has 1 aromatic rings. The van der Waals surface area contributed by atoms with Gasteiger partial charge in [0.05, 0.1) is 12.1 Å². The first-order valence-corrected chi connectivity index (χ1v) is 7.42. The van der Waals surface area contributed by atoms with Crippen molar-refractivity contribution >= 4 is 0 Å². The number of hydrogen-bond acceptors (Lipinski definition) is 3. The zero-order chi connectivity index (χ0) is 13.6. The summed E-state index contributed by atoms with van der Waals surface area (Å²) >= 11 is 0. The fourth-order valence-corrected chi connectivity index (χ4v) is 2.87. The van der Waals surface area contributed by atoms with Gasteiger partial charge in [0.15, 0.2) is 0 Å². The normalized spacial score (nSPS) is 21.4. The van der Waals surface area contributed by atoms with Gasteiger partial charge in [-0.15, -0.1) is 0 Å². The zero-order valence-corrected chi connectivity index (χ0v) is 11.7. The number of likely N-dealkylation sites (tertiary alicyclic amines) is 1. The molecule has 19 heavy (non-hydrogen) atoms. The summed E-state index contributed by atoms with van der Waals surface area (Å²) in [4.78, 5) is 2.42. The summed E-state index contributed by atoms with van der Waals surface area (Å²) in [6, 6.07) is 9.98. The highest BCUT2D eigenvalue weighted by molar-refractivity contribution is 5.24. The topological polar surface area (TPSA) is 49.5 Å². The smallest absolute Gasteiger partial charge is 0.0772 e. The van der Waals surface area contributed by atoms with Crippen LogP contribution >= 0.6 is 0 Å². The number of rotatable bonds is 4. The van der Waals surface area contributed by atoms with E-state index in [-0.39, 0.29) is 6.61 Å². The highest BCUT2D eigenvalue weighted by Crippen LogP contribution is 2.21. The van der Waals surface area contributed by atoms with Gasteiger partial charge in [0, 0.05) is 6.54 Å². The lowest BCUT2D eigenvalue weighted by molar-refractivity contribution is 0.129. The van der Waals surface area contributed by atoms with Crippen molar-refractivity contribution in [1.82, 2.24) is 4.90 Å². The largest absolute Gasteiger partial charge is 0.394 e. The Morgan fingerprint density at radius 1 is 1.00 bits per heavy atom. The fraction of sp³-hybridized carbons (Fsp3) is 0.625. The molecule has 1 fully saturated rings. The number of nitrogens with two attached hydrogens (primary N) is 1. The fourth-order valence-electron chi connectivity index (χ4n) is 2.87. The van der Waals surface area contributed by atoms with E-state index in [1.807, 2.05) is 30.3 Å². The van der Waals surface area contributed by atoms with Crippen molar-refractivity contribution in [2.24, 2.45) is 5.73 Å². The molecule has 0 saturated carbocycles. The second-order valence-electron chi connectivity index (χ2n) is 5.72. The standard InChI is InChI=1S/C16H26N2O/c17-16(14-19,15-9-5-4-6-10-15)13-18-11-7-2-1-3-8-12-18/h4-6,9-10,19H,1-3,7-8,11-14,17H2. The quantitative estimate of drug-likeness (QED) is 0.873. The maximum absolute atomic E-state index is 9.74. The summed E-state index contributed by atoms with van der Waals surface area (Å²) in [6.45, 7) is 2.94. The van der Waals surface area contributed by atoms with E-state index in [0.29, 0.717) is 0 Å². The summed E-state index contributed by atoms with van der Waals surface area (Å²) in [5.74, 6) is 0. The van der Waals surface area contributed by atoms with Crippen LogP contribution in [0.4, 0.5) is 0 Å². The molecule has 1 saturated heterocycles. The predicted octanol–water partition coefficient (Wildman–Crippen LogP) is 2.10. The molecule has 3 N–H and O–H groups in total. The first-order chi connectivity index (χ1) is 9.24. The molecular weight excluding hydrogens is 236 g/mol. The van der Waals surface area contributed by atoms with Crippen LogP contribution in [0.3, 0.4) is 0 Å². The van der Waals surface area contributed by atoms with Crippen molar-refractivity contribution in [1.29, 1.82) is 0 Å². The van der Waals surface area contributed by atoms with Crippen molar-refractivity contribution in [2.75, 3.05) is 26.2 Å². The van der Waals surface area contributed by atoms with Crippen LogP contribution in [0.25, 0.3) is 0 Å². The molecule has 3 nitrogen and oxygen atoms in total. The van der Waals surface area contributed by atoms with Gasteiger partial charge in [0.1, 0.15) is 0 Å². The predicted molar refractivity (Wildman–Crippen MR) is 78.9 cm³/mol. The highest BCUT2D eigenvalue weighted by atomic mass is 16.3. The van der Waals surface area contributed by atoms with Crippen molar-refractivity contribution in [2.45, 2.75) is 37.6 Å². The number of benzene rings is 1. The van der Waals surface area contributed by atoms with Gasteiger partial charge in [-0.2, -0.15) is 0 Å². The molecule has 0 spiro atoms. The third-order valence-corrected chi connectivity index (χ3v) is 4.09. The van der Waals surface area contributed by atoms with E-state index in [1.54, 1.807) is 0 Å². The van der Waals surface area contributed by atoms with E-state index in [1.165, 1.54) is 32.1 Å². The summed E-state index contributed by atoms with van der Waals surface area (Å²) in [7, 11) is 0. The van der Waals surface area contributed by atoms with Gasteiger partial charge < -0.3 is 15.7 Å². The Labute approximate surface area is 116 Å². The van der Waals surface area contributed by atoms with Crippen LogP contribution in [-0.4, -0.2) is 36.2 Å². The third kappa shape index (κ3) is 4.03. The number of aliphatic hydroxyl groups is 1. The van der Waals surface area contributed by atoms with Gasteiger partial charge >= 0.3 is 0 Å². The summed E-state index contributed by atoms with van der Waals surface area (Å²) in [5.41, 5.74) is 6.84. The minimum absolute atomic E-state index is 0.00644. The van der Waals surface area contributed by atoms with Crippen molar-refractivity contribution in [3.63, 3.8) is 0 Å². The second kappa shape index (κ2) is 7.04. The molecule has 0 aliphatic carbocycles. The number of nitrogens with zero attached hydrogens (tertiary/aromatic N) is 1. The van der Waals surface area contributed by atoms with E-state index in [2.05, 4.69) is 4.90 Å². The van der Waals surface area contributed by atoms with Crippen LogP contribution in [0.1, 0.15) is 37.7 Å². The molecule has 0 radical (unpaired) electrons. The van der Waals surface area contributed by atoms with E-state index in [0.717, 1.165) is 25.2 Å². The highest BCUT2D eigenvalue weighted by Gasteiger charge is 2.29. The average Bonchev–Trinajstić information content (AvgIpc) is 2.42. The van der Waals surface area contributed by atoms with E-state index in [9.17, 15) is 5.11 Å². The van der Waals surface area contributed by atoms with Crippen LogP contribution in [0.15, 0.2) is 30.3 Å². The van der Waals surface area contributed by atoms with Crippen molar-refractivity contribution in [3.05, 3.63) is 35.9 Å². The van der Waals surface area contributed by atoms with Gasteiger partial charge in [0.25, 0.3) is 0 Å². The van der Waals surface area contributed by atoms with Gasteiger partial charge in [-0.1, -0.05) is 49.6 Å². The Kier molecular flexibility index (Phi) is 5.37. The molecule has 0 aromatic heterocycles. The molecule has 1 aliphatic heterocycles. The first kappa shape index (κ1) is 14.5. The minimum atomic E-state index is -0.638. The number of aliphatic hydroxyl groups excluding tert-OH is 1. The van der Waals surface area contributed by atoms with E-state index < -0.39 is 5.54 Å². The Hall–Kier alpha value is -0.900. The average molecular weight is 262 g/mol. The van der Waals surface area contributed by atoms with Crippen molar-refractivity contribution < 1.29 is 5.11 Å². The zero-order valence-electron chi connectivity index (χ0n) is 11.7. The molecule has 0 bridgehead atoms. The molecule has 2 rings (SSSR count). The van der Waals surface area contributed by atoms with Gasteiger partial charge in [0.2, 0.25) is 0 Å². The van der Waals surface area contributed by atoms with Crippen LogP contribution < -0.4 is 5.73 Å². The molecule has 1 heterocycles. The number of hydrogen-bond donors (Lipinski definition) is 2. The SMILES string of the molecule is NC(CO)(CN1CCCCCCC1)c1ccccc1. The summed E-state index contributed by atoms with van der Waals surface area (Å²) in [5, 5.41) is 9.74. The van der Waals surface area contributed by atoms with Crippen LogP contribution in [0.5, 0.6) is 0 Å². The Morgan fingerprint density at radius 3 is 2.16 bits per heavy atom. The monoisotopic (exact) mass is 262 g/mol. The Morgan fingerprint density at radius 2 is 1.58 bits per heavy atom. The molecule has 1 atom stereocenters. The summed E-state index contributed by atoms with van der Waals surface area (Å²) < 4.78 is 0. The maximum Gasteiger partial charge on any atom is 0.0772 e. The molecule has 3 heteroatoms. The lowest BCUT2D eigenvalue weighted by Crippen LogP contribution is -2.51. The molecular formula is C16H26N2O. The Balaban J connectivity index is 2.04.